The molecule has 5 heteroatoms. The summed E-state index contributed by atoms with van der Waals surface area (Å²) in [6, 6.07) is 16.8. The molecule has 0 radical (unpaired) electrons. The Morgan fingerprint density at radius 1 is 1.12 bits per heavy atom. The molecule has 0 aliphatic carbocycles. The molecule has 0 saturated carbocycles. The number of pyridine rings is 1. The van der Waals surface area contributed by atoms with E-state index in [1.54, 1.807) is 36.4 Å². The predicted molar refractivity (Wildman–Crippen MR) is 95.2 cm³/mol. The number of ether oxygens (including phenoxy) is 1. The predicted octanol–water partition coefficient (Wildman–Crippen LogP) is 4.54. The van der Waals surface area contributed by atoms with E-state index in [4.69, 9.17) is 4.74 Å². The lowest BCUT2D eigenvalue weighted by molar-refractivity contribution is 0.102. The number of nitrogens with zero attached hydrogens (tertiary/aromatic N) is 1. The Balaban J connectivity index is 1.77. The van der Waals surface area contributed by atoms with Gasteiger partial charge in [0.05, 0.1) is 23.6 Å². The van der Waals surface area contributed by atoms with Gasteiger partial charge in [-0.2, -0.15) is 0 Å². The van der Waals surface area contributed by atoms with Crippen LogP contribution in [0.2, 0.25) is 0 Å². The molecule has 0 bridgehead atoms. The summed E-state index contributed by atoms with van der Waals surface area (Å²) in [7, 11) is 0. The van der Waals surface area contributed by atoms with Crippen molar-refractivity contribution in [2.75, 3.05) is 11.9 Å². The molecule has 1 N–H and O–H groups in total. The summed E-state index contributed by atoms with van der Waals surface area (Å²) in [5.74, 6) is 0.00165. The average molecular weight is 336 g/mol. The van der Waals surface area contributed by atoms with E-state index in [1.807, 2.05) is 19.1 Å². The van der Waals surface area contributed by atoms with Crippen LogP contribution in [0, 0.1) is 5.82 Å². The van der Waals surface area contributed by atoms with Crippen molar-refractivity contribution in [3.8, 4) is 17.0 Å². The quantitative estimate of drug-likeness (QED) is 0.744. The van der Waals surface area contributed by atoms with Gasteiger partial charge in [0.25, 0.3) is 5.91 Å². The minimum absolute atomic E-state index is 0.287. The van der Waals surface area contributed by atoms with E-state index in [-0.39, 0.29) is 11.7 Å². The maximum Gasteiger partial charge on any atom is 0.257 e. The summed E-state index contributed by atoms with van der Waals surface area (Å²) in [6.07, 6.45) is 1.47. The molecule has 0 aliphatic rings. The lowest BCUT2D eigenvalue weighted by Crippen LogP contribution is -2.13. The summed E-state index contributed by atoms with van der Waals surface area (Å²) >= 11 is 0. The zero-order valence-electron chi connectivity index (χ0n) is 13.7. The molecule has 0 aliphatic heterocycles. The molecule has 1 aromatic heterocycles. The molecule has 4 nitrogen and oxygen atoms in total. The van der Waals surface area contributed by atoms with Crippen LogP contribution in [0.5, 0.6) is 5.75 Å². The van der Waals surface area contributed by atoms with Gasteiger partial charge in [0.15, 0.2) is 0 Å². The SMILES string of the molecule is CCOc1ccccc1NC(=O)c1ccc(-c2cccc(F)c2)nc1. The standard InChI is InChI=1S/C20H17FN2O2/c1-2-25-19-9-4-3-8-18(19)23-20(24)15-10-11-17(22-13-15)14-6-5-7-16(21)12-14/h3-13H,2H2,1H3,(H,23,24). The van der Waals surface area contributed by atoms with Crippen molar-refractivity contribution in [1.29, 1.82) is 0 Å². The van der Waals surface area contributed by atoms with Crippen LogP contribution in [0.15, 0.2) is 66.9 Å². The number of hydrogen-bond donors (Lipinski definition) is 1. The summed E-state index contributed by atoms with van der Waals surface area (Å²) in [4.78, 5) is 16.7. The molecule has 2 aromatic carbocycles. The summed E-state index contributed by atoms with van der Waals surface area (Å²) in [5, 5.41) is 2.82. The van der Waals surface area contributed by atoms with Gasteiger partial charge in [0.2, 0.25) is 0 Å². The van der Waals surface area contributed by atoms with Gasteiger partial charge in [-0.3, -0.25) is 9.78 Å². The topological polar surface area (TPSA) is 51.2 Å². The molecule has 0 saturated heterocycles. The highest BCUT2D eigenvalue weighted by atomic mass is 19.1. The van der Waals surface area contributed by atoms with Crippen molar-refractivity contribution in [3.05, 3.63) is 78.2 Å². The van der Waals surface area contributed by atoms with Gasteiger partial charge in [0.1, 0.15) is 11.6 Å². The molecule has 0 atom stereocenters. The Morgan fingerprint density at radius 3 is 2.68 bits per heavy atom. The Labute approximate surface area is 145 Å². The van der Waals surface area contributed by atoms with E-state index in [9.17, 15) is 9.18 Å². The second-order valence-corrected chi connectivity index (χ2v) is 5.33. The largest absolute Gasteiger partial charge is 0.492 e. The second kappa shape index (κ2) is 7.57. The van der Waals surface area contributed by atoms with Crippen LogP contribution >= 0.6 is 0 Å². The fourth-order valence-corrected chi connectivity index (χ4v) is 2.39. The van der Waals surface area contributed by atoms with Crippen LogP contribution in [-0.2, 0) is 0 Å². The monoisotopic (exact) mass is 336 g/mol. The van der Waals surface area contributed by atoms with Crippen LogP contribution in [-0.4, -0.2) is 17.5 Å². The molecule has 3 aromatic rings. The number of anilines is 1. The van der Waals surface area contributed by atoms with Gasteiger partial charge in [-0.15, -0.1) is 0 Å². The molecule has 3 rings (SSSR count). The summed E-state index contributed by atoms with van der Waals surface area (Å²) < 4.78 is 18.8. The Bertz CT molecular complexity index is 879. The van der Waals surface area contributed by atoms with Crippen LogP contribution in [0.3, 0.4) is 0 Å². The Hall–Kier alpha value is -3.21. The molecule has 1 heterocycles. The molecular formula is C20H17FN2O2. The summed E-state index contributed by atoms with van der Waals surface area (Å²) in [6.45, 7) is 2.39. The maximum absolute atomic E-state index is 13.3. The van der Waals surface area contributed by atoms with Crippen molar-refractivity contribution in [3.63, 3.8) is 0 Å². The third-order valence-electron chi connectivity index (χ3n) is 3.58. The average Bonchev–Trinajstić information content (AvgIpc) is 2.64. The Morgan fingerprint density at radius 2 is 1.96 bits per heavy atom. The second-order valence-electron chi connectivity index (χ2n) is 5.33. The normalized spacial score (nSPS) is 10.3. The number of para-hydroxylation sites is 2. The van der Waals surface area contributed by atoms with Gasteiger partial charge in [-0.05, 0) is 43.3 Å². The first kappa shape index (κ1) is 16.6. The number of benzene rings is 2. The number of aromatic nitrogens is 1. The molecule has 0 fully saturated rings. The molecule has 25 heavy (non-hydrogen) atoms. The fourth-order valence-electron chi connectivity index (χ4n) is 2.39. The molecule has 126 valence electrons. The lowest BCUT2D eigenvalue weighted by atomic mass is 10.1. The first-order valence-corrected chi connectivity index (χ1v) is 7.92. The highest BCUT2D eigenvalue weighted by Gasteiger charge is 2.10. The van der Waals surface area contributed by atoms with Crippen LogP contribution in [0.1, 0.15) is 17.3 Å². The van der Waals surface area contributed by atoms with E-state index in [1.165, 1.54) is 18.3 Å². The number of rotatable bonds is 5. The van der Waals surface area contributed by atoms with E-state index in [2.05, 4.69) is 10.3 Å². The van der Waals surface area contributed by atoms with Gasteiger partial charge < -0.3 is 10.1 Å². The number of carbonyl (C=O) groups excluding carboxylic acids is 1. The minimum Gasteiger partial charge on any atom is -0.492 e. The van der Waals surface area contributed by atoms with E-state index in [0.717, 1.165) is 0 Å². The van der Waals surface area contributed by atoms with Crippen molar-refractivity contribution >= 4 is 11.6 Å². The maximum atomic E-state index is 13.3. The van der Waals surface area contributed by atoms with Gasteiger partial charge in [0, 0.05) is 11.8 Å². The Kier molecular flexibility index (Phi) is 5.04. The van der Waals surface area contributed by atoms with Crippen LogP contribution < -0.4 is 10.1 Å². The highest BCUT2D eigenvalue weighted by Crippen LogP contribution is 2.24. The number of amides is 1. The van der Waals surface area contributed by atoms with Crippen LogP contribution in [0.4, 0.5) is 10.1 Å². The fraction of sp³-hybridized carbons (Fsp3) is 0.100. The molecular weight excluding hydrogens is 319 g/mol. The van der Waals surface area contributed by atoms with E-state index >= 15 is 0 Å². The van der Waals surface area contributed by atoms with Crippen molar-refractivity contribution in [1.82, 2.24) is 4.98 Å². The number of carbonyl (C=O) groups is 1. The zero-order valence-corrected chi connectivity index (χ0v) is 13.7. The number of hydrogen-bond acceptors (Lipinski definition) is 3. The number of nitrogens with one attached hydrogen (secondary N) is 1. The summed E-state index contributed by atoms with van der Waals surface area (Å²) in [5.41, 5.74) is 2.27. The first-order valence-electron chi connectivity index (χ1n) is 7.92. The van der Waals surface area contributed by atoms with Gasteiger partial charge >= 0.3 is 0 Å². The van der Waals surface area contributed by atoms with E-state index < -0.39 is 0 Å². The first-order chi connectivity index (χ1) is 12.2. The third kappa shape index (κ3) is 4.01. The zero-order chi connectivity index (χ0) is 17.6. The molecule has 1 amide bonds. The van der Waals surface area contributed by atoms with Gasteiger partial charge in [-0.1, -0.05) is 24.3 Å². The van der Waals surface area contributed by atoms with E-state index in [0.29, 0.717) is 34.9 Å². The van der Waals surface area contributed by atoms with Crippen molar-refractivity contribution < 1.29 is 13.9 Å². The van der Waals surface area contributed by atoms with Crippen molar-refractivity contribution in [2.24, 2.45) is 0 Å². The minimum atomic E-state index is -0.325. The molecule has 0 unspecified atom stereocenters. The van der Waals surface area contributed by atoms with Crippen LogP contribution in [0.25, 0.3) is 11.3 Å². The van der Waals surface area contributed by atoms with Gasteiger partial charge in [-0.25, -0.2) is 4.39 Å². The highest BCUT2D eigenvalue weighted by molar-refractivity contribution is 6.04. The van der Waals surface area contributed by atoms with Crippen molar-refractivity contribution in [2.45, 2.75) is 6.92 Å². The molecule has 0 spiro atoms. The third-order valence-corrected chi connectivity index (χ3v) is 3.58. The number of halogens is 1. The lowest BCUT2D eigenvalue weighted by Gasteiger charge is -2.11. The smallest absolute Gasteiger partial charge is 0.257 e.